The third-order valence-electron chi connectivity index (χ3n) is 4.94. The van der Waals surface area contributed by atoms with E-state index in [2.05, 4.69) is 32.3 Å². The molecule has 0 aliphatic carbocycles. The van der Waals surface area contributed by atoms with Crippen LogP contribution in [-0.2, 0) is 6.42 Å². The largest absolute Gasteiger partial charge is 0.493 e. The standard InChI is InChI=1S/C22H27NO4/c1-23(2)10-9-15-12-20(26-5)22(27-6)21-16(15)8-7-14-11-18(24-3)19(25-4)13-17(14)21/h7-8,11-13H,9-10H2,1-6H3/p+1. The number of hydrogen-bond acceptors (Lipinski definition) is 4. The highest BCUT2D eigenvalue weighted by atomic mass is 16.5. The molecule has 0 saturated carbocycles. The summed E-state index contributed by atoms with van der Waals surface area (Å²) >= 11 is 0. The molecule has 3 aromatic carbocycles. The van der Waals surface area contributed by atoms with E-state index in [1.807, 2.05) is 12.1 Å². The zero-order valence-electron chi connectivity index (χ0n) is 16.9. The Bertz CT molecular complexity index is 966. The van der Waals surface area contributed by atoms with Gasteiger partial charge in [-0.05, 0) is 39.9 Å². The lowest BCUT2D eigenvalue weighted by Gasteiger charge is -2.18. The SMILES string of the molecule is COc1cc2ccc3c(CC[NH+](C)C)cc(OC)c(OC)c3c2cc1OC. The minimum absolute atomic E-state index is 0.696. The third kappa shape index (κ3) is 3.47. The molecule has 3 rings (SSSR count). The second kappa shape index (κ2) is 7.92. The van der Waals surface area contributed by atoms with Crippen molar-refractivity contribution < 1.29 is 23.8 Å². The average molecular weight is 370 g/mol. The minimum atomic E-state index is 0.696. The monoisotopic (exact) mass is 370 g/mol. The first-order valence-electron chi connectivity index (χ1n) is 9.05. The van der Waals surface area contributed by atoms with Crippen molar-refractivity contribution in [2.75, 3.05) is 49.1 Å². The van der Waals surface area contributed by atoms with Gasteiger partial charge in [0, 0.05) is 11.8 Å². The van der Waals surface area contributed by atoms with Crippen molar-refractivity contribution in [2.24, 2.45) is 0 Å². The molecule has 0 unspecified atom stereocenters. The summed E-state index contributed by atoms with van der Waals surface area (Å²) in [5.74, 6) is 2.90. The Kier molecular flexibility index (Phi) is 5.61. The summed E-state index contributed by atoms with van der Waals surface area (Å²) in [5.41, 5.74) is 1.25. The predicted octanol–water partition coefficient (Wildman–Crippen LogP) is 2.71. The first-order valence-corrected chi connectivity index (χ1v) is 9.05. The van der Waals surface area contributed by atoms with E-state index in [0.29, 0.717) is 11.5 Å². The minimum Gasteiger partial charge on any atom is -0.493 e. The van der Waals surface area contributed by atoms with E-state index in [0.717, 1.165) is 40.6 Å². The quantitative estimate of drug-likeness (QED) is 0.650. The maximum atomic E-state index is 5.77. The van der Waals surface area contributed by atoms with E-state index in [1.54, 1.807) is 28.4 Å². The fourth-order valence-electron chi connectivity index (χ4n) is 3.53. The molecule has 0 amide bonds. The fraction of sp³-hybridized carbons (Fsp3) is 0.364. The van der Waals surface area contributed by atoms with E-state index >= 15 is 0 Å². The molecule has 5 heteroatoms. The molecule has 0 atom stereocenters. The fourth-order valence-corrected chi connectivity index (χ4v) is 3.53. The lowest BCUT2D eigenvalue weighted by molar-refractivity contribution is -0.858. The van der Waals surface area contributed by atoms with Crippen molar-refractivity contribution in [2.45, 2.75) is 6.42 Å². The van der Waals surface area contributed by atoms with Crippen LogP contribution in [0.2, 0.25) is 0 Å². The molecule has 0 radical (unpaired) electrons. The Balaban J connectivity index is 2.39. The first-order chi connectivity index (χ1) is 13.0. The van der Waals surface area contributed by atoms with Gasteiger partial charge in [-0.25, -0.2) is 0 Å². The van der Waals surface area contributed by atoms with Crippen molar-refractivity contribution >= 4 is 21.5 Å². The molecular formula is C22H28NO4+. The number of methoxy groups -OCH3 is 4. The molecule has 0 heterocycles. The zero-order valence-corrected chi connectivity index (χ0v) is 16.9. The van der Waals surface area contributed by atoms with Gasteiger partial charge in [-0.15, -0.1) is 0 Å². The van der Waals surface area contributed by atoms with Crippen LogP contribution in [-0.4, -0.2) is 49.1 Å². The maximum absolute atomic E-state index is 5.77. The van der Waals surface area contributed by atoms with Crippen LogP contribution >= 0.6 is 0 Å². The second-order valence-electron chi connectivity index (χ2n) is 6.89. The molecule has 3 aromatic rings. The summed E-state index contributed by atoms with van der Waals surface area (Å²) in [4.78, 5) is 1.41. The number of fused-ring (bicyclic) bond motifs is 3. The van der Waals surface area contributed by atoms with Crippen LogP contribution in [0.4, 0.5) is 0 Å². The Morgan fingerprint density at radius 2 is 1.41 bits per heavy atom. The summed E-state index contributed by atoms with van der Waals surface area (Å²) < 4.78 is 22.4. The van der Waals surface area contributed by atoms with Crippen molar-refractivity contribution in [1.29, 1.82) is 0 Å². The normalized spacial score (nSPS) is 11.2. The molecule has 0 spiro atoms. The van der Waals surface area contributed by atoms with Gasteiger partial charge >= 0.3 is 0 Å². The number of benzene rings is 3. The van der Waals surface area contributed by atoms with Gasteiger partial charge in [0.25, 0.3) is 0 Å². The van der Waals surface area contributed by atoms with Crippen molar-refractivity contribution in [3.05, 3.63) is 35.9 Å². The molecule has 0 aromatic heterocycles. The molecule has 0 fully saturated rings. The van der Waals surface area contributed by atoms with Crippen LogP contribution in [0.3, 0.4) is 0 Å². The predicted molar refractivity (Wildman–Crippen MR) is 109 cm³/mol. The van der Waals surface area contributed by atoms with Crippen molar-refractivity contribution in [3.63, 3.8) is 0 Å². The highest BCUT2D eigenvalue weighted by molar-refractivity contribution is 6.13. The van der Waals surface area contributed by atoms with E-state index < -0.39 is 0 Å². The lowest BCUT2D eigenvalue weighted by atomic mass is 9.95. The van der Waals surface area contributed by atoms with Crippen LogP contribution in [0.1, 0.15) is 5.56 Å². The van der Waals surface area contributed by atoms with Crippen LogP contribution in [0.15, 0.2) is 30.3 Å². The molecule has 0 aliphatic heterocycles. The van der Waals surface area contributed by atoms with Crippen molar-refractivity contribution in [1.82, 2.24) is 0 Å². The third-order valence-corrected chi connectivity index (χ3v) is 4.94. The molecule has 0 bridgehead atoms. The van der Waals surface area contributed by atoms with Gasteiger partial charge in [0.15, 0.2) is 23.0 Å². The number of hydrogen-bond donors (Lipinski definition) is 1. The zero-order chi connectivity index (χ0) is 19.6. The van der Waals surface area contributed by atoms with Gasteiger partial charge in [0.1, 0.15) is 0 Å². The van der Waals surface area contributed by atoms with Crippen LogP contribution in [0, 0.1) is 0 Å². The van der Waals surface area contributed by atoms with Gasteiger partial charge < -0.3 is 23.8 Å². The van der Waals surface area contributed by atoms with Gasteiger partial charge in [-0.1, -0.05) is 12.1 Å². The highest BCUT2D eigenvalue weighted by Crippen LogP contribution is 2.44. The Morgan fingerprint density at radius 1 is 0.741 bits per heavy atom. The van der Waals surface area contributed by atoms with E-state index in [-0.39, 0.29) is 0 Å². The molecule has 5 nitrogen and oxygen atoms in total. The van der Waals surface area contributed by atoms with E-state index in [1.165, 1.54) is 15.8 Å². The van der Waals surface area contributed by atoms with Crippen LogP contribution in [0.25, 0.3) is 21.5 Å². The number of likely N-dealkylation sites (N-methyl/N-ethyl adjacent to an activating group) is 1. The molecule has 27 heavy (non-hydrogen) atoms. The van der Waals surface area contributed by atoms with E-state index in [4.69, 9.17) is 18.9 Å². The Labute approximate surface area is 160 Å². The van der Waals surface area contributed by atoms with E-state index in [9.17, 15) is 0 Å². The first kappa shape index (κ1) is 19.1. The second-order valence-corrected chi connectivity index (χ2v) is 6.89. The maximum Gasteiger partial charge on any atom is 0.169 e. The molecular weight excluding hydrogens is 342 g/mol. The summed E-state index contributed by atoms with van der Waals surface area (Å²) in [6.07, 6.45) is 0.956. The number of nitrogens with one attached hydrogen (secondary N) is 1. The Hall–Kier alpha value is -2.66. The summed E-state index contributed by atoms with van der Waals surface area (Å²) in [7, 11) is 11.0. The summed E-state index contributed by atoms with van der Waals surface area (Å²) in [6, 6.07) is 10.4. The van der Waals surface area contributed by atoms with Gasteiger partial charge in [0.05, 0.1) is 49.1 Å². The van der Waals surface area contributed by atoms with Crippen molar-refractivity contribution in [3.8, 4) is 23.0 Å². The average Bonchev–Trinajstić information content (AvgIpc) is 2.69. The van der Waals surface area contributed by atoms with Gasteiger partial charge in [-0.3, -0.25) is 0 Å². The Morgan fingerprint density at radius 3 is 2.00 bits per heavy atom. The number of ether oxygens (including phenoxy) is 4. The summed E-state index contributed by atoms with van der Waals surface area (Å²) in [5, 5.41) is 4.34. The van der Waals surface area contributed by atoms with Gasteiger partial charge in [-0.2, -0.15) is 0 Å². The highest BCUT2D eigenvalue weighted by Gasteiger charge is 2.18. The molecule has 0 aliphatic rings. The van der Waals surface area contributed by atoms with Crippen LogP contribution < -0.4 is 23.8 Å². The molecule has 0 saturated heterocycles. The topological polar surface area (TPSA) is 41.4 Å². The number of rotatable bonds is 7. The molecule has 1 N–H and O–H groups in total. The molecule has 144 valence electrons. The smallest absolute Gasteiger partial charge is 0.169 e. The van der Waals surface area contributed by atoms with Gasteiger partial charge in [0.2, 0.25) is 0 Å². The van der Waals surface area contributed by atoms with Crippen LogP contribution in [0.5, 0.6) is 23.0 Å². The number of quaternary nitrogens is 1. The summed E-state index contributed by atoms with van der Waals surface area (Å²) in [6.45, 7) is 1.04. The lowest BCUT2D eigenvalue weighted by Crippen LogP contribution is -3.05.